The molecule has 2 heterocycles. The molecular formula is C14H20N2OS. The summed E-state index contributed by atoms with van der Waals surface area (Å²) in [5.41, 5.74) is 0. The molecule has 18 heavy (non-hydrogen) atoms. The van der Waals surface area contributed by atoms with Gasteiger partial charge in [-0.1, -0.05) is 6.07 Å². The minimum absolute atomic E-state index is 0.00664. The van der Waals surface area contributed by atoms with Gasteiger partial charge in [-0.05, 0) is 55.8 Å². The standard InChI is InChI=1S/C14H20N2OS/c17-14(6-5-13-4-2-10-18-13)16-9-7-12-3-1-8-15-11-12/h2,4-6,10,12,15H,1,3,7-9,11H2,(H,16,17). The lowest BCUT2D eigenvalue weighted by molar-refractivity contribution is -0.116. The van der Waals surface area contributed by atoms with E-state index in [0.29, 0.717) is 0 Å². The number of hydrogen-bond acceptors (Lipinski definition) is 3. The second kappa shape index (κ2) is 7.34. The van der Waals surface area contributed by atoms with Crippen LogP contribution in [0.4, 0.5) is 0 Å². The Morgan fingerprint density at radius 3 is 3.28 bits per heavy atom. The molecule has 1 saturated heterocycles. The van der Waals surface area contributed by atoms with Gasteiger partial charge in [0.1, 0.15) is 0 Å². The fourth-order valence-electron chi connectivity index (χ4n) is 2.17. The Labute approximate surface area is 112 Å². The average molecular weight is 264 g/mol. The van der Waals surface area contributed by atoms with Crippen LogP contribution in [0.25, 0.3) is 6.08 Å². The third kappa shape index (κ3) is 4.63. The van der Waals surface area contributed by atoms with E-state index in [1.165, 1.54) is 12.8 Å². The van der Waals surface area contributed by atoms with Crippen LogP contribution in [-0.4, -0.2) is 25.5 Å². The Hall–Kier alpha value is -1.13. The lowest BCUT2D eigenvalue weighted by Gasteiger charge is -2.22. The van der Waals surface area contributed by atoms with Crippen LogP contribution in [0.15, 0.2) is 23.6 Å². The largest absolute Gasteiger partial charge is 0.353 e. The minimum atomic E-state index is 0.00664. The van der Waals surface area contributed by atoms with E-state index in [0.717, 1.165) is 36.9 Å². The van der Waals surface area contributed by atoms with E-state index in [1.54, 1.807) is 17.4 Å². The number of amides is 1. The van der Waals surface area contributed by atoms with Gasteiger partial charge in [-0.2, -0.15) is 0 Å². The van der Waals surface area contributed by atoms with Crippen molar-refractivity contribution in [2.45, 2.75) is 19.3 Å². The van der Waals surface area contributed by atoms with Crippen molar-refractivity contribution < 1.29 is 4.79 Å². The summed E-state index contributed by atoms with van der Waals surface area (Å²) in [6, 6.07) is 3.99. The Balaban J connectivity index is 1.62. The second-order valence-corrected chi connectivity index (χ2v) is 5.62. The predicted molar refractivity (Wildman–Crippen MR) is 76.6 cm³/mol. The molecule has 1 unspecified atom stereocenters. The molecule has 1 fully saturated rings. The monoisotopic (exact) mass is 264 g/mol. The summed E-state index contributed by atoms with van der Waals surface area (Å²) < 4.78 is 0. The Bertz CT molecular complexity index is 381. The lowest BCUT2D eigenvalue weighted by atomic mass is 9.96. The van der Waals surface area contributed by atoms with Gasteiger partial charge >= 0.3 is 0 Å². The predicted octanol–water partition coefficient (Wildman–Crippen LogP) is 2.27. The first kappa shape index (κ1) is 13.3. The number of carbonyl (C=O) groups excluding carboxylic acids is 1. The van der Waals surface area contributed by atoms with Crippen LogP contribution in [0.3, 0.4) is 0 Å². The van der Waals surface area contributed by atoms with Crippen molar-refractivity contribution in [3.63, 3.8) is 0 Å². The van der Waals surface area contributed by atoms with Crippen LogP contribution in [0, 0.1) is 5.92 Å². The molecule has 1 aliphatic heterocycles. The van der Waals surface area contributed by atoms with Gasteiger partial charge in [0.25, 0.3) is 0 Å². The van der Waals surface area contributed by atoms with Gasteiger partial charge < -0.3 is 10.6 Å². The third-order valence-electron chi connectivity index (χ3n) is 3.19. The molecule has 0 aromatic carbocycles. The molecule has 0 radical (unpaired) electrons. The molecule has 3 nitrogen and oxygen atoms in total. The third-order valence-corrected chi connectivity index (χ3v) is 4.03. The van der Waals surface area contributed by atoms with E-state index in [-0.39, 0.29) is 5.91 Å². The van der Waals surface area contributed by atoms with Crippen LogP contribution in [0.5, 0.6) is 0 Å². The van der Waals surface area contributed by atoms with Crippen molar-refractivity contribution in [2.24, 2.45) is 5.92 Å². The normalized spacial score (nSPS) is 20.1. The maximum atomic E-state index is 11.6. The van der Waals surface area contributed by atoms with Crippen molar-refractivity contribution in [3.05, 3.63) is 28.5 Å². The molecule has 1 aromatic rings. The molecule has 98 valence electrons. The summed E-state index contributed by atoms with van der Waals surface area (Å²) in [6.07, 6.45) is 7.10. The highest BCUT2D eigenvalue weighted by Gasteiger charge is 2.12. The molecule has 0 aliphatic carbocycles. The molecule has 2 N–H and O–H groups in total. The van der Waals surface area contributed by atoms with Crippen molar-refractivity contribution >= 4 is 23.3 Å². The summed E-state index contributed by atoms with van der Waals surface area (Å²) in [4.78, 5) is 12.7. The molecule has 1 amide bonds. The van der Waals surface area contributed by atoms with Crippen molar-refractivity contribution in [1.82, 2.24) is 10.6 Å². The van der Waals surface area contributed by atoms with Gasteiger partial charge in [-0.3, -0.25) is 4.79 Å². The zero-order valence-corrected chi connectivity index (χ0v) is 11.3. The first-order chi connectivity index (χ1) is 8.84. The van der Waals surface area contributed by atoms with E-state index in [9.17, 15) is 4.79 Å². The Kier molecular flexibility index (Phi) is 5.42. The van der Waals surface area contributed by atoms with Gasteiger partial charge in [0.05, 0.1) is 0 Å². The number of nitrogens with one attached hydrogen (secondary N) is 2. The summed E-state index contributed by atoms with van der Waals surface area (Å²) in [5, 5.41) is 8.34. The average Bonchev–Trinajstić information content (AvgIpc) is 2.91. The maximum Gasteiger partial charge on any atom is 0.244 e. The number of rotatable bonds is 5. The second-order valence-electron chi connectivity index (χ2n) is 4.64. The zero-order valence-electron chi connectivity index (χ0n) is 10.5. The van der Waals surface area contributed by atoms with Gasteiger partial charge in [0, 0.05) is 17.5 Å². The van der Waals surface area contributed by atoms with Crippen molar-refractivity contribution in [2.75, 3.05) is 19.6 Å². The van der Waals surface area contributed by atoms with Crippen LogP contribution in [0.2, 0.25) is 0 Å². The van der Waals surface area contributed by atoms with Crippen LogP contribution in [-0.2, 0) is 4.79 Å². The highest BCUT2D eigenvalue weighted by Crippen LogP contribution is 2.13. The van der Waals surface area contributed by atoms with E-state index < -0.39 is 0 Å². The molecule has 1 aromatic heterocycles. The number of carbonyl (C=O) groups is 1. The summed E-state index contributed by atoms with van der Waals surface area (Å²) >= 11 is 1.64. The van der Waals surface area contributed by atoms with Crippen LogP contribution < -0.4 is 10.6 Å². The quantitative estimate of drug-likeness (QED) is 0.801. The van der Waals surface area contributed by atoms with Gasteiger partial charge in [-0.25, -0.2) is 0 Å². The van der Waals surface area contributed by atoms with Crippen LogP contribution >= 0.6 is 11.3 Å². The van der Waals surface area contributed by atoms with Crippen molar-refractivity contribution in [1.29, 1.82) is 0 Å². The topological polar surface area (TPSA) is 41.1 Å². The Morgan fingerprint density at radius 1 is 1.61 bits per heavy atom. The molecule has 0 spiro atoms. The highest BCUT2D eigenvalue weighted by atomic mass is 32.1. The first-order valence-electron chi connectivity index (χ1n) is 6.55. The van der Waals surface area contributed by atoms with Crippen molar-refractivity contribution in [3.8, 4) is 0 Å². The van der Waals surface area contributed by atoms with Gasteiger partial charge in [0.2, 0.25) is 5.91 Å². The van der Waals surface area contributed by atoms with Gasteiger partial charge in [0.15, 0.2) is 0 Å². The molecule has 2 rings (SSSR count). The molecule has 0 saturated carbocycles. The van der Waals surface area contributed by atoms with E-state index in [1.807, 2.05) is 23.6 Å². The summed E-state index contributed by atoms with van der Waals surface area (Å²) in [5.74, 6) is 0.729. The highest BCUT2D eigenvalue weighted by molar-refractivity contribution is 7.10. The number of hydrogen-bond donors (Lipinski definition) is 2. The molecule has 1 atom stereocenters. The molecule has 4 heteroatoms. The minimum Gasteiger partial charge on any atom is -0.353 e. The van der Waals surface area contributed by atoms with Gasteiger partial charge in [-0.15, -0.1) is 11.3 Å². The van der Waals surface area contributed by atoms with E-state index in [2.05, 4.69) is 10.6 Å². The van der Waals surface area contributed by atoms with E-state index in [4.69, 9.17) is 0 Å². The molecule has 1 aliphatic rings. The van der Waals surface area contributed by atoms with E-state index >= 15 is 0 Å². The smallest absolute Gasteiger partial charge is 0.244 e. The summed E-state index contributed by atoms with van der Waals surface area (Å²) in [7, 11) is 0. The zero-order chi connectivity index (χ0) is 12.6. The fraction of sp³-hybridized carbons (Fsp3) is 0.500. The first-order valence-corrected chi connectivity index (χ1v) is 7.43. The molecule has 0 bridgehead atoms. The fourth-order valence-corrected chi connectivity index (χ4v) is 2.79. The molecular weight excluding hydrogens is 244 g/mol. The number of thiophene rings is 1. The SMILES string of the molecule is O=C(C=Cc1cccs1)NCCC1CCCNC1. The summed E-state index contributed by atoms with van der Waals surface area (Å²) in [6.45, 7) is 3.02. The number of piperidine rings is 1. The van der Waals surface area contributed by atoms with Crippen LogP contribution in [0.1, 0.15) is 24.1 Å². The Morgan fingerprint density at radius 2 is 2.56 bits per heavy atom. The lowest BCUT2D eigenvalue weighted by Crippen LogP contribution is -2.32. The maximum absolute atomic E-state index is 11.6.